The summed E-state index contributed by atoms with van der Waals surface area (Å²) in [6, 6.07) is 7.80. The highest BCUT2D eigenvalue weighted by Gasteiger charge is 2.12. The number of hydrogen-bond donors (Lipinski definition) is 2. The summed E-state index contributed by atoms with van der Waals surface area (Å²) in [7, 11) is 0. The number of para-hydroxylation sites is 1. The second-order valence-electron chi connectivity index (χ2n) is 4.13. The number of nitrogens with one attached hydrogen (secondary N) is 1. The van der Waals surface area contributed by atoms with Crippen molar-refractivity contribution >= 4 is 28.9 Å². The third-order valence-corrected chi connectivity index (χ3v) is 2.85. The van der Waals surface area contributed by atoms with E-state index in [1.807, 2.05) is 0 Å². The molecule has 0 aliphatic rings. The molecule has 2 aromatic carbocycles. The van der Waals surface area contributed by atoms with Crippen LogP contribution in [-0.4, -0.2) is 12.5 Å². The number of anilines is 2. The third kappa shape index (κ3) is 3.82. The van der Waals surface area contributed by atoms with Crippen molar-refractivity contribution in [2.45, 2.75) is 0 Å². The van der Waals surface area contributed by atoms with Gasteiger partial charge in [0, 0.05) is 5.69 Å². The van der Waals surface area contributed by atoms with Crippen molar-refractivity contribution in [3.05, 3.63) is 53.1 Å². The second-order valence-corrected chi connectivity index (χ2v) is 4.53. The fraction of sp³-hybridized carbons (Fsp3) is 0.0714. The molecule has 2 aromatic rings. The molecule has 0 atom stereocenters. The molecule has 4 nitrogen and oxygen atoms in total. The minimum Gasteiger partial charge on any atom is -0.478 e. The first kappa shape index (κ1) is 15.1. The number of hydrogen-bond acceptors (Lipinski definition) is 3. The first-order valence-corrected chi connectivity index (χ1v) is 6.27. The molecule has 0 saturated heterocycles. The molecule has 0 aliphatic heterocycles. The summed E-state index contributed by atoms with van der Waals surface area (Å²) in [5.41, 5.74) is 6.30. The van der Waals surface area contributed by atoms with Crippen LogP contribution in [0.5, 0.6) is 5.75 Å². The van der Waals surface area contributed by atoms with Gasteiger partial charge in [-0.05, 0) is 30.3 Å². The highest BCUT2D eigenvalue weighted by molar-refractivity contribution is 6.34. The van der Waals surface area contributed by atoms with E-state index in [9.17, 15) is 13.6 Å². The molecule has 0 radical (unpaired) electrons. The highest BCUT2D eigenvalue weighted by atomic mass is 35.5. The summed E-state index contributed by atoms with van der Waals surface area (Å²) in [5.74, 6) is -2.97. The van der Waals surface area contributed by atoms with Gasteiger partial charge in [0.2, 0.25) is 0 Å². The molecule has 0 unspecified atom stereocenters. The van der Waals surface area contributed by atoms with Gasteiger partial charge in [-0.2, -0.15) is 0 Å². The van der Waals surface area contributed by atoms with Crippen molar-refractivity contribution in [2.24, 2.45) is 0 Å². The average molecular weight is 313 g/mol. The Morgan fingerprint density at radius 3 is 2.52 bits per heavy atom. The van der Waals surface area contributed by atoms with Gasteiger partial charge in [0.05, 0.1) is 10.7 Å². The lowest BCUT2D eigenvalue weighted by Gasteiger charge is -2.10. The van der Waals surface area contributed by atoms with Gasteiger partial charge in [-0.1, -0.05) is 17.7 Å². The molecule has 3 N–H and O–H groups in total. The monoisotopic (exact) mass is 312 g/mol. The van der Waals surface area contributed by atoms with Crippen LogP contribution in [0, 0.1) is 11.6 Å². The first-order valence-electron chi connectivity index (χ1n) is 5.89. The van der Waals surface area contributed by atoms with E-state index in [1.165, 1.54) is 18.2 Å². The number of ether oxygens (including phenoxy) is 1. The van der Waals surface area contributed by atoms with Crippen LogP contribution >= 0.6 is 11.6 Å². The van der Waals surface area contributed by atoms with Crippen LogP contribution in [0.25, 0.3) is 0 Å². The molecule has 0 saturated carbocycles. The van der Waals surface area contributed by atoms with Crippen LogP contribution in [0.2, 0.25) is 5.02 Å². The summed E-state index contributed by atoms with van der Waals surface area (Å²) < 4.78 is 31.4. The Labute approximate surface area is 124 Å². The van der Waals surface area contributed by atoms with Gasteiger partial charge in [0.25, 0.3) is 5.91 Å². The number of nitrogens with two attached hydrogens (primary N) is 1. The van der Waals surface area contributed by atoms with Crippen molar-refractivity contribution in [1.82, 2.24) is 0 Å². The quantitative estimate of drug-likeness (QED) is 0.852. The topological polar surface area (TPSA) is 64.3 Å². The maximum Gasteiger partial charge on any atom is 0.262 e. The highest BCUT2D eigenvalue weighted by Crippen LogP contribution is 2.24. The number of benzene rings is 2. The van der Waals surface area contributed by atoms with Crippen LogP contribution in [-0.2, 0) is 4.79 Å². The standard InChI is InChI=1S/C14H11ClF2N2O2/c15-9-6-8(18)4-5-12(9)19-13(20)7-21-14-10(16)2-1-3-11(14)17/h1-6H,7,18H2,(H,19,20). The molecule has 2 rings (SSSR count). The Kier molecular flexibility index (Phi) is 4.59. The molecule has 0 heterocycles. The van der Waals surface area contributed by atoms with Gasteiger partial charge in [0.15, 0.2) is 24.0 Å². The lowest BCUT2D eigenvalue weighted by Crippen LogP contribution is -2.21. The first-order chi connectivity index (χ1) is 9.97. The number of rotatable bonds is 4. The molecule has 0 fully saturated rings. The van der Waals surface area contributed by atoms with Gasteiger partial charge >= 0.3 is 0 Å². The van der Waals surface area contributed by atoms with E-state index in [-0.39, 0.29) is 5.02 Å². The Hall–Kier alpha value is -2.34. The SMILES string of the molecule is Nc1ccc(NC(=O)COc2c(F)cccc2F)c(Cl)c1. The van der Waals surface area contributed by atoms with Gasteiger partial charge < -0.3 is 15.8 Å². The molecule has 110 valence electrons. The smallest absolute Gasteiger partial charge is 0.262 e. The Balaban J connectivity index is 1.99. The zero-order valence-corrected chi connectivity index (χ0v) is 11.5. The summed E-state index contributed by atoms with van der Waals surface area (Å²) in [6.45, 7) is -0.557. The normalized spacial score (nSPS) is 10.2. The number of amides is 1. The number of halogens is 3. The van der Waals surface area contributed by atoms with E-state index in [4.69, 9.17) is 22.1 Å². The van der Waals surface area contributed by atoms with Gasteiger partial charge in [0.1, 0.15) is 0 Å². The Bertz CT molecular complexity index is 660. The fourth-order valence-corrected chi connectivity index (χ4v) is 1.81. The van der Waals surface area contributed by atoms with Crippen molar-refractivity contribution in [3.63, 3.8) is 0 Å². The third-order valence-electron chi connectivity index (χ3n) is 2.53. The molecule has 0 spiro atoms. The van der Waals surface area contributed by atoms with E-state index in [2.05, 4.69) is 5.32 Å². The lowest BCUT2D eigenvalue weighted by atomic mass is 10.3. The van der Waals surface area contributed by atoms with Crippen LogP contribution in [0.3, 0.4) is 0 Å². The molecule has 0 bridgehead atoms. The summed E-state index contributed by atoms with van der Waals surface area (Å²) in [6.07, 6.45) is 0. The Morgan fingerprint density at radius 1 is 1.24 bits per heavy atom. The van der Waals surface area contributed by atoms with Crippen LogP contribution in [0.15, 0.2) is 36.4 Å². The second kappa shape index (κ2) is 6.41. The van der Waals surface area contributed by atoms with Crippen LogP contribution in [0.1, 0.15) is 0 Å². The maximum absolute atomic E-state index is 13.3. The molecule has 1 amide bonds. The molecule has 21 heavy (non-hydrogen) atoms. The van der Waals surface area contributed by atoms with E-state index in [0.29, 0.717) is 11.4 Å². The summed E-state index contributed by atoms with van der Waals surface area (Å²) in [4.78, 5) is 11.7. The van der Waals surface area contributed by atoms with Crippen molar-refractivity contribution in [2.75, 3.05) is 17.7 Å². The summed E-state index contributed by atoms with van der Waals surface area (Å²) >= 11 is 5.89. The van der Waals surface area contributed by atoms with Crippen LogP contribution < -0.4 is 15.8 Å². The van der Waals surface area contributed by atoms with E-state index >= 15 is 0 Å². The van der Waals surface area contributed by atoms with Crippen molar-refractivity contribution in [1.29, 1.82) is 0 Å². The number of nitrogen functional groups attached to an aromatic ring is 1. The lowest BCUT2D eigenvalue weighted by molar-refractivity contribution is -0.118. The number of carbonyl (C=O) groups excluding carboxylic acids is 1. The zero-order chi connectivity index (χ0) is 15.4. The summed E-state index contributed by atoms with van der Waals surface area (Å²) in [5, 5.41) is 2.70. The number of carbonyl (C=O) groups is 1. The molecular weight excluding hydrogens is 302 g/mol. The fourth-order valence-electron chi connectivity index (χ4n) is 1.58. The van der Waals surface area contributed by atoms with Gasteiger partial charge in [-0.25, -0.2) is 8.78 Å². The molecular formula is C14H11ClF2N2O2. The predicted molar refractivity (Wildman–Crippen MR) is 76.3 cm³/mol. The molecule has 7 heteroatoms. The minimum absolute atomic E-state index is 0.250. The predicted octanol–water partition coefficient (Wildman–Crippen LogP) is 3.22. The largest absolute Gasteiger partial charge is 0.478 e. The van der Waals surface area contributed by atoms with Crippen molar-refractivity contribution < 1.29 is 18.3 Å². The molecule has 0 aliphatic carbocycles. The van der Waals surface area contributed by atoms with Crippen LogP contribution in [0.4, 0.5) is 20.2 Å². The van der Waals surface area contributed by atoms with Gasteiger partial charge in [-0.15, -0.1) is 0 Å². The van der Waals surface area contributed by atoms with E-state index in [1.54, 1.807) is 6.07 Å². The molecule has 0 aromatic heterocycles. The average Bonchev–Trinajstić information content (AvgIpc) is 2.41. The minimum atomic E-state index is -0.881. The van der Waals surface area contributed by atoms with Gasteiger partial charge in [-0.3, -0.25) is 4.79 Å². The Morgan fingerprint density at radius 2 is 1.90 bits per heavy atom. The van der Waals surface area contributed by atoms with E-state index < -0.39 is 29.9 Å². The maximum atomic E-state index is 13.3. The zero-order valence-electron chi connectivity index (χ0n) is 10.7. The van der Waals surface area contributed by atoms with E-state index in [0.717, 1.165) is 12.1 Å². The van der Waals surface area contributed by atoms with Crippen molar-refractivity contribution in [3.8, 4) is 5.75 Å².